The van der Waals surface area contributed by atoms with E-state index in [1.165, 1.54) is 6.07 Å². The molecule has 0 amide bonds. The van der Waals surface area contributed by atoms with Crippen LogP contribution in [-0.2, 0) is 0 Å². The van der Waals surface area contributed by atoms with Crippen LogP contribution in [-0.4, -0.2) is 5.84 Å². The highest BCUT2D eigenvalue weighted by Crippen LogP contribution is 2.27. The number of nitrogens with one attached hydrogen (secondary N) is 1. The standard InChI is InChI=1S/C14H12F2N2O/c1-8-2-4-10(14(17)18)13(6-8)19-9-3-5-11(15)12(16)7-9/h2-7H,1H3,(H3,17,18). The van der Waals surface area contributed by atoms with Gasteiger partial charge in [0.2, 0.25) is 0 Å². The molecule has 19 heavy (non-hydrogen) atoms. The van der Waals surface area contributed by atoms with Crippen molar-refractivity contribution >= 4 is 5.84 Å². The van der Waals surface area contributed by atoms with E-state index in [9.17, 15) is 8.78 Å². The Morgan fingerprint density at radius 3 is 2.47 bits per heavy atom. The molecule has 0 heterocycles. The van der Waals surface area contributed by atoms with Gasteiger partial charge in [-0.05, 0) is 36.8 Å². The summed E-state index contributed by atoms with van der Waals surface area (Å²) in [6, 6.07) is 8.35. The average molecular weight is 262 g/mol. The lowest BCUT2D eigenvalue weighted by Crippen LogP contribution is -2.12. The van der Waals surface area contributed by atoms with E-state index < -0.39 is 11.6 Å². The maximum absolute atomic E-state index is 13.1. The molecule has 0 saturated carbocycles. The van der Waals surface area contributed by atoms with E-state index in [-0.39, 0.29) is 11.6 Å². The molecule has 3 nitrogen and oxygen atoms in total. The van der Waals surface area contributed by atoms with Crippen LogP contribution in [0.15, 0.2) is 36.4 Å². The van der Waals surface area contributed by atoms with Crippen molar-refractivity contribution in [2.24, 2.45) is 5.73 Å². The molecule has 0 bridgehead atoms. The number of aryl methyl sites for hydroxylation is 1. The van der Waals surface area contributed by atoms with E-state index in [1.54, 1.807) is 18.2 Å². The van der Waals surface area contributed by atoms with Gasteiger partial charge in [-0.25, -0.2) is 8.78 Å². The Morgan fingerprint density at radius 2 is 1.84 bits per heavy atom. The highest BCUT2D eigenvalue weighted by Gasteiger charge is 2.10. The summed E-state index contributed by atoms with van der Waals surface area (Å²) in [5, 5.41) is 7.45. The van der Waals surface area contributed by atoms with Gasteiger partial charge in [0.1, 0.15) is 17.3 Å². The first-order chi connectivity index (χ1) is 8.97. The van der Waals surface area contributed by atoms with E-state index >= 15 is 0 Å². The van der Waals surface area contributed by atoms with Gasteiger partial charge in [0.25, 0.3) is 0 Å². The van der Waals surface area contributed by atoms with Crippen LogP contribution in [0.4, 0.5) is 8.78 Å². The minimum Gasteiger partial charge on any atom is -0.456 e. The first-order valence-electron chi connectivity index (χ1n) is 5.55. The van der Waals surface area contributed by atoms with Crippen molar-refractivity contribution in [2.75, 3.05) is 0 Å². The third-order valence-electron chi connectivity index (χ3n) is 2.55. The highest BCUT2D eigenvalue weighted by molar-refractivity contribution is 5.97. The zero-order chi connectivity index (χ0) is 14.0. The van der Waals surface area contributed by atoms with Crippen molar-refractivity contribution in [2.45, 2.75) is 6.92 Å². The Kier molecular flexibility index (Phi) is 3.46. The molecule has 98 valence electrons. The smallest absolute Gasteiger partial charge is 0.162 e. The van der Waals surface area contributed by atoms with Gasteiger partial charge >= 0.3 is 0 Å². The van der Waals surface area contributed by atoms with Crippen molar-refractivity contribution in [3.63, 3.8) is 0 Å². The van der Waals surface area contributed by atoms with Gasteiger partial charge in [0, 0.05) is 6.07 Å². The molecule has 0 aromatic heterocycles. The van der Waals surface area contributed by atoms with Gasteiger partial charge < -0.3 is 10.5 Å². The SMILES string of the molecule is Cc1ccc(C(=N)N)c(Oc2ccc(F)c(F)c2)c1. The summed E-state index contributed by atoms with van der Waals surface area (Å²) in [4.78, 5) is 0. The molecule has 0 saturated heterocycles. The van der Waals surface area contributed by atoms with Gasteiger partial charge in [-0.1, -0.05) is 6.07 Å². The summed E-state index contributed by atoms with van der Waals surface area (Å²) in [5.74, 6) is -1.61. The summed E-state index contributed by atoms with van der Waals surface area (Å²) in [5.41, 5.74) is 6.75. The predicted molar refractivity (Wildman–Crippen MR) is 68.6 cm³/mol. The van der Waals surface area contributed by atoms with Crippen molar-refractivity contribution in [3.8, 4) is 11.5 Å². The van der Waals surface area contributed by atoms with Crippen LogP contribution >= 0.6 is 0 Å². The van der Waals surface area contributed by atoms with Crippen LogP contribution in [0.25, 0.3) is 0 Å². The summed E-state index contributed by atoms with van der Waals surface area (Å²) >= 11 is 0. The van der Waals surface area contributed by atoms with Crippen LogP contribution in [0.2, 0.25) is 0 Å². The minimum atomic E-state index is -0.991. The number of amidine groups is 1. The quantitative estimate of drug-likeness (QED) is 0.658. The lowest BCUT2D eigenvalue weighted by molar-refractivity contribution is 0.460. The van der Waals surface area contributed by atoms with E-state index in [0.717, 1.165) is 17.7 Å². The van der Waals surface area contributed by atoms with Crippen LogP contribution in [0.5, 0.6) is 11.5 Å². The molecule has 0 aliphatic heterocycles. The maximum Gasteiger partial charge on any atom is 0.162 e. The normalized spacial score (nSPS) is 10.3. The molecule has 3 N–H and O–H groups in total. The largest absolute Gasteiger partial charge is 0.456 e. The van der Waals surface area contributed by atoms with Crippen LogP contribution < -0.4 is 10.5 Å². The van der Waals surface area contributed by atoms with Gasteiger partial charge in [0.15, 0.2) is 11.6 Å². The first kappa shape index (κ1) is 13.0. The number of halogens is 2. The fourth-order valence-electron chi connectivity index (χ4n) is 1.60. The summed E-state index contributed by atoms with van der Waals surface area (Å²) < 4.78 is 31.4. The highest BCUT2D eigenvalue weighted by atomic mass is 19.2. The van der Waals surface area contributed by atoms with Gasteiger partial charge in [0.05, 0.1) is 5.56 Å². The molecule has 2 aromatic carbocycles. The Hall–Kier alpha value is -2.43. The number of nitrogen functional groups attached to an aromatic ring is 1. The first-order valence-corrected chi connectivity index (χ1v) is 5.55. The number of rotatable bonds is 3. The maximum atomic E-state index is 13.1. The molecule has 0 radical (unpaired) electrons. The second-order valence-corrected chi connectivity index (χ2v) is 4.09. The zero-order valence-corrected chi connectivity index (χ0v) is 10.2. The molecule has 5 heteroatoms. The van der Waals surface area contributed by atoms with Crippen LogP contribution in [0.1, 0.15) is 11.1 Å². The van der Waals surface area contributed by atoms with Crippen LogP contribution in [0.3, 0.4) is 0 Å². The molecule has 0 aliphatic rings. The van der Waals surface area contributed by atoms with Gasteiger partial charge in [-0.15, -0.1) is 0 Å². The molecular formula is C14H12F2N2O. The fourth-order valence-corrected chi connectivity index (χ4v) is 1.60. The average Bonchev–Trinajstić information content (AvgIpc) is 2.33. The van der Waals surface area contributed by atoms with E-state index in [2.05, 4.69) is 0 Å². The van der Waals surface area contributed by atoms with Crippen molar-refractivity contribution < 1.29 is 13.5 Å². The number of hydrogen-bond donors (Lipinski definition) is 2. The molecule has 0 unspecified atom stereocenters. The second kappa shape index (κ2) is 5.06. The van der Waals surface area contributed by atoms with Crippen molar-refractivity contribution in [3.05, 3.63) is 59.2 Å². The second-order valence-electron chi connectivity index (χ2n) is 4.09. The number of benzene rings is 2. The topological polar surface area (TPSA) is 59.1 Å². The third-order valence-corrected chi connectivity index (χ3v) is 2.55. The Balaban J connectivity index is 2.39. The Morgan fingerprint density at radius 1 is 1.11 bits per heavy atom. The van der Waals surface area contributed by atoms with E-state index in [0.29, 0.717) is 11.3 Å². The van der Waals surface area contributed by atoms with Crippen molar-refractivity contribution in [1.82, 2.24) is 0 Å². The van der Waals surface area contributed by atoms with Crippen molar-refractivity contribution in [1.29, 1.82) is 5.41 Å². The minimum absolute atomic E-state index is 0.145. The molecular weight excluding hydrogens is 250 g/mol. The molecule has 0 spiro atoms. The number of nitrogens with two attached hydrogens (primary N) is 1. The monoisotopic (exact) mass is 262 g/mol. The van der Waals surface area contributed by atoms with E-state index in [1.807, 2.05) is 6.92 Å². The lowest BCUT2D eigenvalue weighted by Gasteiger charge is -2.11. The van der Waals surface area contributed by atoms with Gasteiger partial charge in [-0.3, -0.25) is 5.41 Å². The predicted octanol–water partition coefficient (Wildman–Crippen LogP) is 3.35. The van der Waals surface area contributed by atoms with E-state index in [4.69, 9.17) is 15.9 Å². The molecule has 0 atom stereocenters. The molecule has 0 aliphatic carbocycles. The summed E-state index contributed by atoms with van der Waals surface area (Å²) in [6.07, 6.45) is 0. The molecule has 2 rings (SSSR count). The Labute approximate surface area is 109 Å². The molecule has 0 fully saturated rings. The molecule has 2 aromatic rings. The summed E-state index contributed by atoms with van der Waals surface area (Å²) in [7, 11) is 0. The summed E-state index contributed by atoms with van der Waals surface area (Å²) in [6.45, 7) is 1.85. The zero-order valence-electron chi connectivity index (χ0n) is 10.2. The lowest BCUT2D eigenvalue weighted by atomic mass is 10.1. The number of ether oxygens (including phenoxy) is 1. The van der Waals surface area contributed by atoms with Gasteiger partial charge in [-0.2, -0.15) is 0 Å². The third kappa shape index (κ3) is 2.88. The fraction of sp³-hybridized carbons (Fsp3) is 0.0714. The number of hydrogen-bond acceptors (Lipinski definition) is 2. The Bertz CT molecular complexity index is 641. The van der Waals surface area contributed by atoms with Crippen LogP contribution in [0, 0.1) is 24.0 Å².